The average molecular weight is 306 g/mol. The predicted molar refractivity (Wildman–Crippen MR) is 85.4 cm³/mol. The van der Waals surface area contributed by atoms with Gasteiger partial charge in [-0.3, -0.25) is 4.79 Å². The second kappa shape index (κ2) is 7.63. The summed E-state index contributed by atoms with van der Waals surface area (Å²) in [6.45, 7) is 2.27. The van der Waals surface area contributed by atoms with Crippen molar-refractivity contribution < 1.29 is 19.4 Å². The first kappa shape index (κ1) is 16.8. The standard InChI is InChI=1S/C18H26O4/c1-18(10-4-3-5-11-18)15-13-14(8-9-16(15)21-2)22-17(20)7-6-12-19/h8-9,13,19H,3-7,10-12H2,1-2H3. The van der Waals surface area contributed by atoms with Gasteiger partial charge >= 0.3 is 5.97 Å². The lowest BCUT2D eigenvalue weighted by Crippen LogP contribution is -2.25. The second-order valence-corrected chi connectivity index (χ2v) is 6.28. The Labute approximate surface area is 132 Å². The Morgan fingerprint density at radius 3 is 2.64 bits per heavy atom. The Morgan fingerprint density at radius 2 is 2.00 bits per heavy atom. The van der Waals surface area contributed by atoms with E-state index in [0.717, 1.165) is 24.2 Å². The van der Waals surface area contributed by atoms with Gasteiger partial charge < -0.3 is 14.6 Å². The maximum Gasteiger partial charge on any atom is 0.311 e. The number of hydrogen-bond acceptors (Lipinski definition) is 4. The molecule has 0 atom stereocenters. The molecule has 1 aromatic rings. The molecule has 2 rings (SSSR count). The molecule has 4 nitrogen and oxygen atoms in total. The Bertz CT molecular complexity index is 504. The summed E-state index contributed by atoms with van der Waals surface area (Å²) in [5, 5.41) is 8.77. The molecule has 0 saturated heterocycles. The number of carbonyl (C=O) groups is 1. The number of benzene rings is 1. The Balaban J connectivity index is 2.20. The Morgan fingerprint density at radius 1 is 1.27 bits per heavy atom. The van der Waals surface area contributed by atoms with E-state index < -0.39 is 0 Å². The van der Waals surface area contributed by atoms with E-state index >= 15 is 0 Å². The maximum absolute atomic E-state index is 11.7. The molecule has 0 heterocycles. The van der Waals surface area contributed by atoms with Gasteiger partial charge in [-0.2, -0.15) is 0 Å². The summed E-state index contributed by atoms with van der Waals surface area (Å²) in [6.07, 6.45) is 6.65. The van der Waals surface area contributed by atoms with Crippen molar-refractivity contribution in [1.29, 1.82) is 0 Å². The molecule has 22 heavy (non-hydrogen) atoms. The number of aliphatic hydroxyl groups excluding tert-OH is 1. The minimum atomic E-state index is -0.307. The third kappa shape index (κ3) is 4.01. The molecule has 0 amide bonds. The van der Waals surface area contributed by atoms with E-state index in [9.17, 15) is 4.79 Å². The summed E-state index contributed by atoms with van der Waals surface area (Å²) in [7, 11) is 1.68. The Hall–Kier alpha value is -1.55. The lowest BCUT2D eigenvalue weighted by atomic mass is 9.70. The molecule has 4 heteroatoms. The minimum Gasteiger partial charge on any atom is -0.496 e. The molecule has 1 N–H and O–H groups in total. The van der Waals surface area contributed by atoms with Crippen LogP contribution in [0.3, 0.4) is 0 Å². The molecule has 122 valence electrons. The number of ether oxygens (including phenoxy) is 2. The van der Waals surface area contributed by atoms with Gasteiger partial charge in [0.25, 0.3) is 0 Å². The topological polar surface area (TPSA) is 55.8 Å². The fourth-order valence-corrected chi connectivity index (χ4v) is 3.23. The highest BCUT2D eigenvalue weighted by Crippen LogP contribution is 2.44. The molecule has 1 aliphatic carbocycles. The van der Waals surface area contributed by atoms with Crippen LogP contribution in [0.15, 0.2) is 18.2 Å². The van der Waals surface area contributed by atoms with Crippen LogP contribution in [-0.2, 0) is 10.2 Å². The number of carbonyl (C=O) groups excluding carboxylic acids is 1. The van der Waals surface area contributed by atoms with Crippen molar-refractivity contribution in [1.82, 2.24) is 0 Å². The van der Waals surface area contributed by atoms with E-state index in [4.69, 9.17) is 14.6 Å². The van der Waals surface area contributed by atoms with Gasteiger partial charge in [0.15, 0.2) is 0 Å². The van der Waals surface area contributed by atoms with Gasteiger partial charge in [-0.25, -0.2) is 0 Å². The average Bonchev–Trinajstić information content (AvgIpc) is 2.53. The quantitative estimate of drug-likeness (QED) is 0.644. The number of hydrogen-bond donors (Lipinski definition) is 1. The molecule has 0 aromatic heterocycles. The van der Waals surface area contributed by atoms with Gasteiger partial charge in [0, 0.05) is 18.6 Å². The molecule has 1 saturated carbocycles. The lowest BCUT2D eigenvalue weighted by Gasteiger charge is -2.35. The molecule has 0 spiro atoms. The van der Waals surface area contributed by atoms with Crippen LogP contribution in [0.1, 0.15) is 57.4 Å². The van der Waals surface area contributed by atoms with Crippen molar-refractivity contribution in [3.63, 3.8) is 0 Å². The highest BCUT2D eigenvalue weighted by atomic mass is 16.5. The van der Waals surface area contributed by atoms with Crippen LogP contribution in [-0.4, -0.2) is 24.8 Å². The summed E-state index contributed by atoms with van der Waals surface area (Å²) >= 11 is 0. The van der Waals surface area contributed by atoms with Crippen LogP contribution in [0, 0.1) is 0 Å². The fraction of sp³-hybridized carbons (Fsp3) is 0.611. The summed E-state index contributed by atoms with van der Waals surface area (Å²) in [5.41, 5.74) is 1.21. The zero-order valence-corrected chi connectivity index (χ0v) is 13.6. The van der Waals surface area contributed by atoms with Crippen LogP contribution in [0.25, 0.3) is 0 Å². The molecular weight excluding hydrogens is 280 g/mol. The van der Waals surface area contributed by atoms with Gasteiger partial charge in [0.1, 0.15) is 11.5 Å². The van der Waals surface area contributed by atoms with Crippen LogP contribution in [0.2, 0.25) is 0 Å². The van der Waals surface area contributed by atoms with E-state index in [1.165, 1.54) is 19.3 Å². The normalized spacial score (nSPS) is 17.0. The summed E-state index contributed by atoms with van der Waals surface area (Å²) < 4.78 is 10.9. The van der Waals surface area contributed by atoms with Crippen molar-refractivity contribution in [2.75, 3.05) is 13.7 Å². The van der Waals surface area contributed by atoms with Crippen LogP contribution >= 0.6 is 0 Å². The number of methoxy groups -OCH3 is 1. The number of rotatable bonds is 6. The third-order valence-electron chi connectivity index (χ3n) is 4.55. The minimum absolute atomic E-state index is 0.00103. The van der Waals surface area contributed by atoms with Gasteiger partial charge in [-0.1, -0.05) is 26.2 Å². The highest BCUT2D eigenvalue weighted by Gasteiger charge is 2.32. The van der Waals surface area contributed by atoms with Crippen LogP contribution in [0.4, 0.5) is 0 Å². The Kier molecular flexibility index (Phi) is 5.83. The largest absolute Gasteiger partial charge is 0.496 e. The number of esters is 1. The lowest BCUT2D eigenvalue weighted by molar-refractivity contribution is -0.134. The predicted octanol–water partition coefficient (Wildman–Crippen LogP) is 3.59. The second-order valence-electron chi connectivity index (χ2n) is 6.28. The van der Waals surface area contributed by atoms with Crippen molar-refractivity contribution in [2.45, 2.75) is 57.3 Å². The van der Waals surface area contributed by atoms with Gasteiger partial charge in [0.2, 0.25) is 0 Å². The molecule has 0 radical (unpaired) electrons. The van der Waals surface area contributed by atoms with Crippen molar-refractivity contribution in [2.24, 2.45) is 0 Å². The monoisotopic (exact) mass is 306 g/mol. The molecule has 1 aliphatic rings. The maximum atomic E-state index is 11.7. The molecule has 0 bridgehead atoms. The van der Waals surface area contributed by atoms with Crippen LogP contribution in [0.5, 0.6) is 11.5 Å². The van der Waals surface area contributed by atoms with Gasteiger partial charge in [0.05, 0.1) is 7.11 Å². The smallest absolute Gasteiger partial charge is 0.311 e. The molecule has 0 aliphatic heterocycles. The van der Waals surface area contributed by atoms with Gasteiger partial charge in [-0.15, -0.1) is 0 Å². The summed E-state index contributed by atoms with van der Waals surface area (Å²) in [5.74, 6) is 1.11. The first-order valence-electron chi connectivity index (χ1n) is 8.09. The summed E-state index contributed by atoms with van der Waals surface area (Å²) in [6, 6.07) is 5.59. The zero-order chi connectivity index (χ0) is 16.0. The van der Waals surface area contributed by atoms with E-state index in [1.54, 1.807) is 13.2 Å². The van der Waals surface area contributed by atoms with E-state index in [2.05, 4.69) is 6.92 Å². The molecule has 1 fully saturated rings. The van der Waals surface area contributed by atoms with Crippen LogP contribution < -0.4 is 9.47 Å². The van der Waals surface area contributed by atoms with Gasteiger partial charge in [-0.05, 0) is 42.9 Å². The van der Waals surface area contributed by atoms with Crippen molar-refractivity contribution in [3.8, 4) is 11.5 Å². The fourth-order valence-electron chi connectivity index (χ4n) is 3.23. The first-order valence-corrected chi connectivity index (χ1v) is 8.09. The first-order chi connectivity index (χ1) is 10.6. The highest BCUT2D eigenvalue weighted by molar-refractivity contribution is 5.72. The molecular formula is C18H26O4. The summed E-state index contributed by atoms with van der Waals surface area (Å²) in [4.78, 5) is 11.7. The van der Waals surface area contributed by atoms with E-state index in [0.29, 0.717) is 12.2 Å². The third-order valence-corrected chi connectivity index (χ3v) is 4.55. The van der Waals surface area contributed by atoms with E-state index in [1.807, 2.05) is 12.1 Å². The zero-order valence-electron chi connectivity index (χ0n) is 13.6. The van der Waals surface area contributed by atoms with Crippen molar-refractivity contribution in [3.05, 3.63) is 23.8 Å². The number of aliphatic hydroxyl groups is 1. The SMILES string of the molecule is COc1ccc(OC(=O)CCCO)cc1C1(C)CCCCC1. The van der Waals surface area contributed by atoms with Crippen molar-refractivity contribution >= 4 is 5.97 Å². The molecule has 1 aromatic carbocycles. The molecule has 0 unspecified atom stereocenters. The van der Waals surface area contributed by atoms with E-state index in [-0.39, 0.29) is 24.4 Å².